The molecule has 1 aliphatic rings. The van der Waals surface area contributed by atoms with Crippen molar-refractivity contribution in [2.75, 3.05) is 58.4 Å². The number of methoxy groups -OCH3 is 1. The fourth-order valence-corrected chi connectivity index (χ4v) is 5.90. The zero-order valence-electron chi connectivity index (χ0n) is 21.5. The minimum atomic E-state index is -4.12. The van der Waals surface area contributed by atoms with Gasteiger partial charge in [-0.05, 0) is 55.7 Å². The molecule has 1 saturated heterocycles. The molecule has 3 aromatic rings. The molecule has 0 atom stereocenters. The molecule has 10 heteroatoms. The van der Waals surface area contributed by atoms with E-state index >= 15 is 0 Å². The summed E-state index contributed by atoms with van der Waals surface area (Å²) in [5.74, 6) is -0.407. The van der Waals surface area contributed by atoms with E-state index in [4.69, 9.17) is 4.74 Å². The molecule has 1 amide bonds. The lowest BCUT2D eigenvalue weighted by atomic mass is 10.1. The highest BCUT2D eigenvalue weighted by Crippen LogP contribution is 2.36. The van der Waals surface area contributed by atoms with E-state index < -0.39 is 29.0 Å². The van der Waals surface area contributed by atoms with E-state index in [2.05, 4.69) is 16.0 Å². The molecule has 1 N–H and O–H groups in total. The Balaban J connectivity index is 1.74. The van der Waals surface area contributed by atoms with E-state index in [1.165, 1.54) is 12.0 Å². The number of aromatic nitrogens is 1. The number of fused-ring (bicyclic) bond motifs is 1. The lowest BCUT2D eigenvalue weighted by Gasteiger charge is -2.25. The van der Waals surface area contributed by atoms with E-state index in [1.54, 1.807) is 19.2 Å². The molecule has 0 unspecified atom stereocenters. The van der Waals surface area contributed by atoms with E-state index in [0.717, 1.165) is 63.6 Å². The molecule has 0 aliphatic carbocycles. The van der Waals surface area contributed by atoms with E-state index in [0.29, 0.717) is 13.2 Å². The fourth-order valence-electron chi connectivity index (χ4n) is 4.59. The van der Waals surface area contributed by atoms with Crippen LogP contribution < -0.4 is 4.90 Å². The van der Waals surface area contributed by atoms with Gasteiger partial charge in [-0.15, -0.1) is 0 Å². The van der Waals surface area contributed by atoms with Crippen LogP contribution in [0.5, 0.6) is 0 Å². The van der Waals surface area contributed by atoms with Crippen LogP contribution >= 0.6 is 0 Å². The average molecular weight is 524 g/mol. The topological polar surface area (TPSA) is 110 Å². The Morgan fingerprint density at radius 3 is 2.62 bits per heavy atom. The maximum atomic E-state index is 13.7. The summed E-state index contributed by atoms with van der Waals surface area (Å²) in [4.78, 5) is 19.9. The van der Waals surface area contributed by atoms with Gasteiger partial charge in [0.05, 0.1) is 24.1 Å². The van der Waals surface area contributed by atoms with Crippen molar-refractivity contribution in [2.24, 2.45) is 0 Å². The molecule has 0 radical (unpaired) electrons. The Bertz CT molecular complexity index is 1420. The van der Waals surface area contributed by atoms with Gasteiger partial charge in [0.15, 0.2) is 0 Å². The van der Waals surface area contributed by atoms with Crippen molar-refractivity contribution in [3.63, 3.8) is 0 Å². The molecule has 1 aliphatic heterocycles. The number of nitrogens with zero attached hydrogens (tertiary/aromatic N) is 4. The van der Waals surface area contributed by atoms with Crippen molar-refractivity contribution >= 4 is 32.5 Å². The number of anilines is 1. The fraction of sp³-hybridized carbons (Fsp3) is 0.407. The van der Waals surface area contributed by atoms with Gasteiger partial charge in [-0.3, -0.25) is 4.79 Å². The largest absolute Gasteiger partial charge is 0.383 e. The lowest BCUT2D eigenvalue weighted by Crippen LogP contribution is -2.42. The van der Waals surface area contributed by atoms with Gasteiger partial charge >= 0.3 is 0 Å². The van der Waals surface area contributed by atoms with Crippen molar-refractivity contribution < 1.29 is 17.9 Å². The van der Waals surface area contributed by atoms with Gasteiger partial charge in [-0.1, -0.05) is 12.1 Å². The first-order chi connectivity index (χ1) is 17.7. The van der Waals surface area contributed by atoms with Crippen molar-refractivity contribution in [1.82, 2.24) is 14.2 Å². The van der Waals surface area contributed by atoms with Crippen molar-refractivity contribution in [3.8, 4) is 17.3 Å². The summed E-state index contributed by atoms with van der Waals surface area (Å²) in [6.45, 7) is 3.64. The number of nitriles is 1. The second kappa shape index (κ2) is 11.3. The van der Waals surface area contributed by atoms with Gasteiger partial charge < -0.3 is 19.5 Å². The van der Waals surface area contributed by atoms with Crippen LogP contribution in [-0.2, 0) is 19.6 Å². The Morgan fingerprint density at radius 1 is 1.16 bits per heavy atom. The zero-order valence-corrected chi connectivity index (χ0v) is 22.3. The number of benzene rings is 2. The van der Waals surface area contributed by atoms with Crippen molar-refractivity contribution in [2.45, 2.75) is 24.7 Å². The number of sulfonamides is 1. The highest BCUT2D eigenvalue weighted by Gasteiger charge is 2.29. The summed E-state index contributed by atoms with van der Waals surface area (Å²) >= 11 is 0. The molecule has 9 nitrogen and oxygen atoms in total. The van der Waals surface area contributed by atoms with Crippen LogP contribution in [-0.4, -0.2) is 82.0 Å². The minimum Gasteiger partial charge on any atom is -0.383 e. The number of carbonyl (C=O) groups excluding carboxylic acids is 1. The standard InChI is InChI=1S/C27H33N5O4S/c1-20-6-7-21-17-25(29-24(21)16-20)23-18-22(8-9-26(23)31-11-4-5-12-31)37(34,35)32(13-10-28)19-27(33)30(2)14-15-36-3/h6-9,16-18,29H,4-5,11-15,19H2,1-3H3. The zero-order chi connectivity index (χ0) is 26.6. The Hall–Kier alpha value is -3.39. The van der Waals surface area contributed by atoms with Gasteiger partial charge in [0.1, 0.15) is 6.54 Å². The molecule has 2 heterocycles. The molecular weight excluding hydrogens is 490 g/mol. The maximum Gasteiger partial charge on any atom is 0.244 e. The maximum absolute atomic E-state index is 13.7. The van der Waals surface area contributed by atoms with Crippen LogP contribution in [0.15, 0.2) is 47.4 Å². The predicted octanol–water partition coefficient (Wildman–Crippen LogP) is 3.36. The number of likely N-dealkylation sites (N-methyl/N-ethyl adjacent to an activating group) is 1. The second-order valence-electron chi connectivity index (χ2n) is 9.39. The van der Waals surface area contributed by atoms with Crippen molar-refractivity contribution in [3.05, 3.63) is 48.0 Å². The van der Waals surface area contributed by atoms with E-state index in [9.17, 15) is 18.5 Å². The third kappa shape index (κ3) is 5.80. The summed E-state index contributed by atoms with van der Waals surface area (Å²) in [6, 6.07) is 15.1. The number of rotatable bonds is 10. The second-order valence-corrected chi connectivity index (χ2v) is 11.3. The van der Waals surface area contributed by atoms with Crippen LogP contribution in [0, 0.1) is 18.3 Å². The number of aryl methyl sites for hydroxylation is 1. The summed E-state index contributed by atoms with van der Waals surface area (Å²) in [5.41, 5.74) is 4.66. The molecule has 4 rings (SSSR count). The smallest absolute Gasteiger partial charge is 0.244 e. The number of amides is 1. The molecular formula is C27H33N5O4S. The Labute approximate surface area is 218 Å². The monoisotopic (exact) mass is 523 g/mol. The molecule has 2 aromatic carbocycles. The summed E-state index contributed by atoms with van der Waals surface area (Å²) < 4.78 is 33.3. The number of aromatic amines is 1. The third-order valence-corrected chi connectivity index (χ3v) is 8.52. The SMILES string of the molecule is COCCN(C)C(=O)CN(CC#N)S(=O)(=O)c1ccc(N2CCCC2)c(-c2cc3ccc(C)cc3[nH]2)c1. The number of ether oxygens (including phenoxy) is 1. The predicted molar refractivity (Wildman–Crippen MR) is 144 cm³/mol. The van der Waals surface area contributed by atoms with Crippen LogP contribution in [0.25, 0.3) is 22.2 Å². The Kier molecular flexibility index (Phi) is 8.17. The summed E-state index contributed by atoms with van der Waals surface area (Å²) in [5, 5.41) is 10.4. The third-order valence-electron chi connectivity index (χ3n) is 6.74. The van der Waals surface area contributed by atoms with Crippen LogP contribution in [0.3, 0.4) is 0 Å². The molecule has 0 bridgehead atoms. The normalized spacial score (nSPS) is 13.9. The Morgan fingerprint density at radius 2 is 1.92 bits per heavy atom. The van der Waals surface area contributed by atoms with Crippen molar-refractivity contribution in [1.29, 1.82) is 5.26 Å². The minimum absolute atomic E-state index is 0.0443. The molecule has 0 spiro atoms. The summed E-state index contributed by atoms with van der Waals surface area (Å²) in [6.07, 6.45) is 2.17. The first-order valence-electron chi connectivity index (χ1n) is 12.3. The van der Waals surface area contributed by atoms with E-state index in [1.807, 2.05) is 37.3 Å². The number of H-pyrrole nitrogens is 1. The molecule has 37 heavy (non-hydrogen) atoms. The number of nitrogens with one attached hydrogen (secondary N) is 1. The first kappa shape index (κ1) is 26.7. The number of hydrogen-bond donors (Lipinski definition) is 1. The average Bonchev–Trinajstić information content (AvgIpc) is 3.56. The molecule has 0 saturated carbocycles. The van der Waals surface area contributed by atoms with Gasteiger partial charge in [-0.2, -0.15) is 9.57 Å². The van der Waals surface area contributed by atoms with Gasteiger partial charge in [0, 0.05) is 61.6 Å². The molecule has 196 valence electrons. The van der Waals surface area contributed by atoms with Crippen LogP contribution in [0.2, 0.25) is 0 Å². The quantitative estimate of drug-likeness (QED) is 0.408. The van der Waals surface area contributed by atoms with Gasteiger partial charge in [-0.25, -0.2) is 8.42 Å². The number of carbonyl (C=O) groups is 1. The number of hydrogen-bond acceptors (Lipinski definition) is 6. The van der Waals surface area contributed by atoms with Crippen LogP contribution in [0.1, 0.15) is 18.4 Å². The van der Waals surface area contributed by atoms with Crippen LogP contribution in [0.4, 0.5) is 5.69 Å². The van der Waals surface area contributed by atoms with E-state index in [-0.39, 0.29) is 4.90 Å². The summed E-state index contributed by atoms with van der Waals surface area (Å²) in [7, 11) is -1.01. The van der Waals surface area contributed by atoms with Gasteiger partial charge in [0.2, 0.25) is 15.9 Å². The lowest BCUT2D eigenvalue weighted by molar-refractivity contribution is -0.130. The molecule has 1 aromatic heterocycles. The van der Waals surface area contributed by atoms with Gasteiger partial charge in [0.25, 0.3) is 0 Å². The highest BCUT2D eigenvalue weighted by molar-refractivity contribution is 7.89. The molecule has 1 fully saturated rings. The first-order valence-corrected chi connectivity index (χ1v) is 13.8. The highest BCUT2D eigenvalue weighted by atomic mass is 32.2.